The third-order valence-electron chi connectivity index (χ3n) is 4.22. The van der Waals surface area contributed by atoms with E-state index in [9.17, 15) is 0 Å². The first kappa shape index (κ1) is 18.1. The summed E-state index contributed by atoms with van der Waals surface area (Å²) in [6.45, 7) is 1.36. The molecule has 0 aromatic heterocycles. The fraction of sp³-hybridized carbons (Fsp3) is 0.150. The summed E-state index contributed by atoms with van der Waals surface area (Å²) in [5.41, 5.74) is 5.08. The topological polar surface area (TPSA) is 51.1 Å². The third kappa shape index (κ3) is 3.89. The maximum absolute atomic E-state index is 8.88. The molecule has 0 spiro atoms. The van der Waals surface area contributed by atoms with Gasteiger partial charge in [0.2, 0.25) is 0 Å². The number of hydrogen-bond acceptors (Lipinski definition) is 6. The fourth-order valence-electron chi connectivity index (χ4n) is 2.91. The Kier molecular flexibility index (Phi) is 5.50. The highest BCUT2D eigenvalue weighted by atomic mass is 35.5. The lowest BCUT2D eigenvalue weighted by Crippen LogP contribution is -2.23. The molecule has 5 nitrogen and oxygen atoms in total. The number of rotatable bonds is 6. The molecule has 0 fully saturated rings. The smallest absolute Gasteiger partial charge is 0.0991 e. The number of nitrogens with one attached hydrogen (secondary N) is 1. The average molecular weight is 399 g/mol. The van der Waals surface area contributed by atoms with Crippen LogP contribution in [0.4, 0.5) is 5.69 Å². The minimum atomic E-state index is 0.124. The Bertz CT molecular complexity index is 913. The first-order valence-corrected chi connectivity index (χ1v) is 9.76. The summed E-state index contributed by atoms with van der Waals surface area (Å²) >= 11 is 8.23. The van der Waals surface area contributed by atoms with Crippen molar-refractivity contribution in [3.05, 3.63) is 77.1 Å². The predicted octanol–water partition coefficient (Wildman–Crippen LogP) is 4.04. The number of nitrogens with zero attached hydrogens (tertiary/aromatic N) is 3. The molecule has 7 heteroatoms. The van der Waals surface area contributed by atoms with E-state index in [2.05, 4.69) is 28.6 Å². The Morgan fingerprint density at radius 3 is 2.78 bits per heavy atom. The van der Waals surface area contributed by atoms with Crippen LogP contribution in [0.2, 0.25) is 5.02 Å². The van der Waals surface area contributed by atoms with Crippen LogP contribution >= 0.6 is 23.7 Å². The summed E-state index contributed by atoms with van der Waals surface area (Å²) in [6.07, 6.45) is 5.95. The van der Waals surface area contributed by atoms with Gasteiger partial charge in [0.1, 0.15) is 0 Å². The van der Waals surface area contributed by atoms with Crippen molar-refractivity contribution in [2.24, 2.45) is 5.10 Å². The van der Waals surface area contributed by atoms with Gasteiger partial charge in [0.05, 0.1) is 41.4 Å². The SMILES string of the molecule is OCCNCC1=CC2=CN(c3cccc(-c4ccccc4)c3Cl)SN2N=C1. The van der Waals surface area contributed by atoms with Crippen LogP contribution in [0.3, 0.4) is 0 Å². The van der Waals surface area contributed by atoms with Crippen molar-refractivity contribution >= 4 is 35.6 Å². The van der Waals surface area contributed by atoms with E-state index < -0.39 is 0 Å². The highest BCUT2D eigenvalue weighted by Crippen LogP contribution is 2.43. The molecule has 2 aromatic carbocycles. The number of aliphatic hydroxyl groups is 1. The molecule has 0 aliphatic carbocycles. The zero-order valence-electron chi connectivity index (χ0n) is 14.5. The van der Waals surface area contributed by atoms with E-state index in [1.54, 1.807) is 0 Å². The summed E-state index contributed by atoms with van der Waals surface area (Å²) in [5, 5.41) is 17.2. The summed E-state index contributed by atoms with van der Waals surface area (Å²) in [4.78, 5) is 0. The number of allylic oxidation sites excluding steroid dienone is 1. The molecule has 0 radical (unpaired) electrons. The van der Waals surface area contributed by atoms with Gasteiger partial charge in [0, 0.05) is 24.9 Å². The molecule has 4 rings (SSSR count). The fourth-order valence-corrected chi connectivity index (χ4v) is 4.13. The van der Waals surface area contributed by atoms with Crippen LogP contribution in [0.1, 0.15) is 0 Å². The molecule has 0 saturated carbocycles. The maximum atomic E-state index is 8.88. The Hall–Kier alpha value is -2.25. The van der Waals surface area contributed by atoms with Crippen molar-refractivity contribution in [2.75, 3.05) is 24.0 Å². The Balaban J connectivity index is 1.58. The maximum Gasteiger partial charge on any atom is 0.0991 e. The minimum absolute atomic E-state index is 0.124. The molecule has 0 atom stereocenters. The van der Waals surface area contributed by atoms with Crippen molar-refractivity contribution in [3.8, 4) is 11.1 Å². The summed E-state index contributed by atoms with van der Waals surface area (Å²) < 4.78 is 3.89. The van der Waals surface area contributed by atoms with Crippen molar-refractivity contribution in [3.63, 3.8) is 0 Å². The number of benzene rings is 2. The van der Waals surface area contributed by atoms with Crippen LogP contribution in [0.25, 0.3) is 11.1 Å². The molecule has 2 aromatic rings. The van der Waals surface area contributed by atoms with Crippen LogP contribution in [0.15, 0.2) is 77.2 Å². The van der Waals surface area contributed by atoms with Gasteiger partial charge in [-0.05, 0) is 23.3 Å². The molecular formula is C20H19ClN4OS. The summed E-state index contributed by atoms with van der Waals surface area (Å²) in [7, 11) is 0. The lowest BCUT2D eigenvalue weighted by Gasteiger charge is -2.20. The van der Waals surface area contributed by atoms with Crippen LogP contribution < -0.4 is 9.62 Å². The lowest BCUT2D eigenvalue weighted by molar-refractivity contribution is 0.294. The molecule has 27 heavy (non-hydrogen) atoms. The molecule has 2 N–H and O–H groups in total. The van der Waals surface area contributed by atoms with Gasteiger partial charge >= 0.3 is 0 Å². The van der Waals surface area contributed by atoms with E-state index in [1.807, 2.05) is 57.5 Å². The quantitative estimate of drug-likeness (QED) is 0.568. The van der Waals surface area contributed by atoms with Gasteiger partial charge in [0.15, 0.2) is 0 Å². The van der Waals surface area contributed by atoms with Crippen LogP contribution in [-0.2, 0) is 0 Å². The first-order valence-electron chi connectivity index (χ1n) is 8.65. The Labute approximate surface area is 167 Å². The second-order valence-corrected chi connectivity index (χ2v) is 7.38. The van der Waals surface area contributed by atoms with Gasteiger partial charge in [-0.1, -0.05) is 54.1 Å². The Morgan fingerprint density at radius 1 is 1.11 bits per heavy atom. The van der Waals surface area contributed by atoms with E-state index in [0.29, 0.717) is 18.1 Å². The van der Waals surface area contributed by atoms with Crippen molar-refractivity contribution in [1.82, 2.24) is 9.73 Å². The standard InChI is InChI=1S/C20H19ClN4OS/c21-20-18(16-5-2-1-3-6-16)7-4-8-19(20)24-14-17-11-15(12-22-9-10-26)13-23-25(17)27-24/h1-8,11,13-14,22,26H,9-10,12H2. The summed E-state index contributed by atoms with van der Waals surface area (Å²) in [5.74, 6) is 0. The third-order valence-corrected chi connectivity index (χ3v) is 5.55. The molecular weight excluding hydrogens is 380 g/mol. The lowest BCUT2D eigenvalue weighted by atomic mass is 10.1. The van der Waals surface area contributed by atoms with Gasteiger partial charge in [0.25, 0.3) is 0 Å². The van der Waals surface area contributed by atoms with Gasteiger partial charge in [-0.3, -0.25) is 4.31 Å². The molecule has 0 amide bonds. The molecule has 2 heterocycles. The van der Waals surface area contributed by atoms with Crippen molar-refractivity contribution in [2.45, 2.75) is 0 Å². The molecule has 0 saturated heterocycles. The van der Waals surface area contributed by atoms with Crippen molar-refractivity contribution < 1.29 is 5.11 Å². The predicted molar refractivity (Wildman–Crippen MR) is 113 cm³/mol. The molecule has 0 unspecified atom stereocenters. The molecule has 2 aliphatic heterocycles. The zero-order chi connectivity index (χ0) is 18.6. The number of hydrogen-bond donors (Lipinski definition) is 2. The van der Waals surface area contributed by atoms with E-state index in [-0.39, 0.29) is 6.61 Å². The number of halogens is 1. The number of anilines is 1. The number of hydrazone groups is 1. The first-order chi connectivity index (χ1) is 13.3. The zero-order valence-corrected chi connectivity index (χ0v) is 16.1. The van der Waals surface area contributed by atoms with E-state index >= 15 is 0 Å². The monoisotopic (exact) mass is 398 g/mol. The second-order valence-electron chi connectivity index (χ2n) is 6.10. The van der Waals surface area contributed by atoms with E-state index in [4.69, 9.17) is 16.7 Å². The largest absolute Gasteiger partial charge is 0.395 e. The van der Waals surface area contributed by atoms with E-state index in [1.165, 1.54) is 12.1 Å². The van der Waals surface area contributed by atoms with Crippen LogP contribution in [0, 0.1) is 0 Å². The van der Waals surface area contributed by atoms with Gasteiger partial charge in [-0.15, -0.1) is 0 Å². The highest BCUT2D eigenvalue weighted by molar-refractivity contribution is 7.98. The summed E-state index contributed by atoms with van der Waals surface area (Å²) in [6, 6.07) is 16.2. The van der Waals surface area contributed by atoms with E-state index in [0.717, 1.165) is 28.1 Å². The molecule has 0 bridgehead atoms. The normalized spacial score (nSPS) is 15.6. The number of aliphatic hydroxyl groups excluding tert-OH is 1. The minimum Gasteiger partial charge on any atom is -0.395 e. The highest BCUT2D eigenvalue weighted by Gasteiger charge is 2.26. The molecule has 2 aliphatic rings. The van der Waals surface area contributed by atoms with Crippen LogP contribution in [0.5, 0.6) is 0 Å². The van der Waals surface area contributed by atoms with Crippen molar-refractivity contribution in [1.29, 1.82) is 0 Å². The van der Waals surface area contributed by atoms with Gasteiger partial charge < -0.3 is 10.4 Å². The Morgan fingerprint density at radius 2 is 1.96 bits per heavy atom. The van der Waals surface area contributed by atoms with Gasteiger partial charge in [-0.2, -0.15) is 9.52 Å². The number of fused-ring (bicyclic) bond motifs is 1. The van der Waals surface area contributed by atoms with Crippen LogP contribution in [-0.4, -0.2) is 35.4 Å². The second kappa shape index (κ2) is 8.19. The average Bonchev–Trinajstić information content (AvgIpc) is 3.12. The van der Waals surface area contributed by atoms with Gasteiger partial charge in [-0.25, -0.2) is 0 Å². The molecule has 138 valence electrons.